The Hall–Kier alpha value is -4.66. The predicted molar refractivity (Wildman–Crippen MR) is 145 cm³/mol. The average Bonchev–Trinajstić information content (AvgIpc) is 3.29. The van der Waals surface area contributed by atoms with Gasteiger partial charge in [0.2, 0.25) is 0 Å². The smallest absolute Gasteiger partial charge is 0.321 e. The molecule has 0 atom stereocenters. The molecule has 1 saturated heterocycles. The highest BCUT2D eigenvalue weighted by molar-refractivity contribution is 5.97. The quantitative estimate of drug-likeness (QED) is 0.359. The SMILES string of the molecule is COc1ccc(-c2cc(C(=O)N3CCN(C(=O)Nc4cccc(F)c4)CC3)c(C)n2-c2ccccc2F)cc1. The number of methoxy groups -OCH3 is 1. The number of ether oxygens (including phenoxy) is 1. The van der Waals surface area contributed by atoms with Crippen LogP contribution in [0, 0.1) is 18.6 Å². The molecule has 0 radical (unpaired) electrons. The maximum atomic E-state index is 14.9. The first kappa shape index (κ1) is 26.0. The second-order valence-corrected chi connectivity index (χ2v) is 9.26. The van der Waals surface area contributed by atoms with E-state index in [4.69, 9.17) is 4.74 Å². The molecule has 3 aromatic carbocycles. The van der Waals surface area contributed by atoms with Crippen LogP contribution >= 0.6 is 0 Å². The first-order valence-electron chi connectivity index (χ1n) is 12.6. The van der Waals surface area contributed by atoms with Gasteiger partial charge in [0, 0.05) is 37.6 Å². The number of nitrogens with one attached hydrogen (secondary N) is 1. The summed E-state index contributed by atoms with van der Waals surface area (Å²) >= 11 is 0. The number of amides is 3. The Kier molecular flexibility index (Phi) is 7.31. The van der Waals surface area contributed by atoms with Crippen LogP contribution in [0.2, 0.25) is 0 Å². The van der Waals surface area contributed by atoms with Crippen LogP contribution in [-0.2, 0) is 0 Å². The van der Waals surface area contributed by atoms with E-state index in [2.05, 4.69) is 5.32 Å². The number of nitrogens with zero attached hydrogens (tertiary/aromatic N) is 3. The molecule has 1 fully saturated rings. The van der Waals surface area contributed by atoms with Crippen LogP contribution in [-0.4, -0.2) is 59.6 Å². The van der Waals surface area contributed by atoms with Gasteiger partial charge < -0.3 is 24.4 Å². The van der Waals surface area contributed by atoms with Crippen molar-refractivity contribution in [1.29, 1.82) is 0 Å². The number of para-hydroxylation sites is 1. The standard InChI is InChI=1S/C30H28F2N4O3/c1-20-25(29(37)34-14-16-35(17-15-34)30(38)33-23-7-5-6-22(31)18-23)19-28(21-10-12-24(39-2)13-11-21)36(20)27-9-4-3-8-26(27)32/h3-13,18-19H,14-17H2,1-2H3,(H,33,38). The van der Waals surface area contributed by atoms with Crippen molar-refractivity contribution in [2.75, 3.05) is 38.6 Å². The lowest BCUT2D eigenvalue weighted by Gasteiger charge is -2.34. The molecule has 0 unspecified atom stereocenters. The minimum Gasteiger partial charge on any atom is -0.497 e. The molecule has 200 valence electrons. The normalized spacial score (nSPS) is 13.3. The van der Waals surface area contributed by atoms with Crippen LogP contribution in [0.15, 0.2) is 78.9 Å². The zero-order chi connectivity index (χ0) is 27.5. The Balaban J connectivity index is 1.38. The average molecular weight is 531 g/mol. The van der Waals surface area contributed by atoms with Crippen molar-refractivity contribution in [2.24, 2.45) is 0 Å². The fourth-order valence-electron chi connectivity index (χ4n) is 4.79. The Morgan fingerprint density at radius 3 is 2.21 bits per heavy atom. The lowest BCUT2D eigenvalue weighted by molar-refractivity contribution is 0.0671. The summed E-state index contributed by atoms with van der Waals surface area (Å²) in [5.41, 5.74) is 3.27. The summed E-state index contributed by atoms with van der Waals surface area (Å²) < 4.78 is 35.4. The summed E-state index contributed by atoms with van der Waals surface area (Å²) in [5, 5.41) is 2.69. The summed E-state index contributed by atoms with van der Waals surface area (Å²) in [5.74, 6) is -0.338. The third-order valence-corrected chi connectivity index (χ3v) is 6.89. The second kappa shape index (κ2) is 11.0. The first-order valence-corrected chi connectivity index (χ1v) is 12.6. The highest BCUT2D eigenvalue weighted by Crippen LogP contribution is 2.32. The third-order valence-electron chi connectivity index (χ3n) is 6.89. The minimum atomic E-state index is -0.435. The number of hydrogen-bond acceptors (Lipinski definition) is 3. The van der Waals surface area contributed by atoms with E-state index >= 15 is 0 Å². The number of carbonyl (C=O) groups is 2. The van der Waals surface area contributed by atoms with Gasteiger partial charge in [-0.05, 0) is 73.2 Å². The molecule has 0 spiro atoms. The summed E-state index contributed by atoms with van der Waals surface area (Å²) in [6.45, 7) is 3.11. The first-order chi connectivity index (χ1) is 18.9. The maximum absolute atomic E-state index is 14.9. The lowest BCUT2D eigenvalue weighted by atomic mass is 10.1. The van der Waals surface area contributed by atoms with E-state index in [0.29, 0.717) is 60.3 Å². The van der Waals surface area contributed by atoms with Gasteiger partial charge in [-0.3, -0.25) is 4.79 Å². The van der Waals surface area contributed by atoms with Gasteiger partial charge in [0.05, 0.1) is 24.1 Å². The fourth-order valence-corrected chi connectivity index (χ4v) is 4.79. The van der Waals surface area contributed by atoms with Gasteiger partial charge in [0.1, 0.15) is 17.4 Å². The molecule has 1 N–H and O–H groups in total. The topological polar surface area (TPSA) is 66.8 Å². The molecule has 4 aromatic rings. The summed E-state index contributed by atoms with van der Waals surface area (Å²) in [6, 6.07) is 21.0. The van der Waals surface area contributed by atoms with Crippen molar-refractivity contribution in [3.8, 4) is 22.7 Å². The van der Waals surface area contributed by atoms with Crippen molar-refractivity contribution < 1.29 is 23.1 Å². The van der Waals surface area contributed by atoms with Gasteiger partial charge in [-0.1, -0.05) is 18.2 Å². The van der Waals surface area contributed by atoms with E-state index in [1.54, 1.807) is 58.7 Å². The molecule has 5 rings (SSSR count). The lowest BCUT2D eigenvalue weighted by Crippen LogP contribution is -2.51. The monoisotopic (exact) mass is 530 g/mol. The summed E-state index contributed by atoms with van der Waals surface area (Å²) in [4.78, 5) is 29.6. The number of piperazine rings is 1. The van der Waals surface area contributed by atoms with Gasteiger partial charge in [0.15, 0.2) is 0 Å². The molecule has 1 aliphatic rings. The molecular weight excluding hydrogens is 502 g/mol. The van der Waals surface area contributed by atoms with Crippen molar-refractivity contribution in [3.05, 3.63) is 102 Å². The number of urea groups is 1. The second-order valence-electron chi connectivity index (χ2n) is 9.26. The predicted octanol–water partition coefficient (Wildman–Crippen LogP) is 5.73. The van der Waals surface area contributed by atoms with Crippen LogP contribution in [0.4, 0.5) is 19.3 Å². The molecule has 0 aliphatic carbocycles. The molecular formula is C30H28F2N4O3. The number of aromatic nitrogens is 1. The summed E-state index contributed by atoms with van der Waals surface area (Å²) in [7, 11) is 1.59. The Morgan fingerprint density at radius 2 is 1.54 bits per heavy atom. The number of hydrogen-bond donors (Lipinski definition) is 1. The zero-order valence-electron chi connectivity index (χ0n) is 21.7. The Bertz CT molecular complexity index is 1510. The van der Waals surface area contributed by atoms with Crippen LogP contribution in [0.5, 0.6) is 5.75 Å². The molecule has 0 bridgehead atoms. The molecule has 7 nitrogen and oxygen atoms in total. The van der Waals surface area contributed by atoms with Gasteiger partial charge in [-0.15, -0.1) is 0 Å². The van der Waals surface area contributed by atoms with E-state index in [-0.39, 0.29) is 11.9 Å². The van der Waals surface area contributed by atoms with Gasteiger partial charge in [0.25, 0.3) is 5.91 Å². The Labute approximate surface area is 225 Å². The zero-order valence-corrected chi connectivity index (χ0v) is 21.7. The highest BCUT2D eigenvalue weighted by atomic mass is 19.1. The number of carbonyl (C=O) groups excluding carboxylic acids is 2. The largest absolute Gasteiger partial charge is 0.497 e. The minimum absolute atomic E-state index is 0.192. The Morgan fingerprint density at radius 1 is 0.846 bits per heavy atom. The van der Waals surface area contributed by atoms with Gasteiger partial charge in [-0.2, -0.15) is 0 Å². The highest BCUT2D eigenvalue weighted by Gasteiger charge is 2.28. The molecule has 1 aromatic heterocycles. The van der Waals surface area contributed by atoms with Gasteiger partial charge >= 0.3 is 6.03 Å². The van der Waals surface area contributed by atoms with Crippen LogP contribution in [0.25, 0.3) is 16.9 Å². The van der Waals surface area contributed by atoms with E-state index < -0.39 is 11.6 Å². The molecule has 0 saturated carbocycles. The van der Waals surface area contributed by atoms with Crippen molar-refractivity contribution in [2.45, 2.75) is 6.92 Å². The van der Waals surface area contributed by atoms with E-state index in [1.165, 1.54) is 24.3 Å². The van der Waals surface area contributed by atoms with E-state index in [9.17, 15) is 18.4 Å². The number of anilines is 1. The molecule has 9 heteroatoms. The maximum Gasteiger partial charge on any atom is 0.321 e. The molecule has 3 amide bonds. The third kappa shape index (κ3) is 5.34. The van der Waals surface area contributed by atoms with Crippen molar-refractivity contribution in [1.82, 2.24) is 14.4 Å². The number of benzene rings is 3. The number of rotatable bonds is 5. The fraction of sp³-hybridized carbons (Fsp3) is 0.200. The molecule has 2 heterocycles. The van der Waals surface area contributed by atoms with Crippen LogP contribution < -0.4 is 10.1 Å². The molecule has 39 heavy (non-hydrogen) atoms. The summed E-state index contributed by atoms with van der Waals surface area (Å²) in [6.07, 6.45) is 0. The van der Waals surface area contributed by atoms with Gasteiger partial charge in [-0.25, -0.2) is 13.6 Å². The van der Waals surface area contributed by atoms with Crippen molar-refractivity contribution in [3.63, 3.8) is 0 Å². The van der Waals surface area contributed by atoms with E-state index in [0.717, 1.165) is 5.56 Å². The number of halogens is 2. The van der Waals surface area contributed by atoms with Crippen LogP contribution in [0.1, 0.15) is 16.1 Å². The molecule has 1 aliphatic heterocycles. The van der Waals surface area contributed by atoms with Crippen LogP contribution in [0.3, 0.4) is 0 Å². The van der Waals surface area contributed by atoms with Crippen molar-refractivity contribution >= 4 is 17.6 Å². The van der Waals surface area contributed by atoms with E-state index in [1.807, 2.05) is 24.3 Å².